The van der Waals surface area contributed by atoms with E-state index in [1.165, 1.54) is 0 Å². The Morgan fingerprint density at radius 1 is 1.42 bits per heavy atom. The van der Waals surface area contributed by atoms with Crippen LogP contribution in [-0.4, -0.2) is 38.2 Å². The number of carbonyl (C=O) groups excluding carboxylic acids is 1. The van der Waals surface area contributed by atoms with Gasteiger partial charge >= 0.3 is 0 Å². The van der Waals surface area contributed by atoms with Crippen molar-refractivity contribution >= 4 is 17.5 Å². The standard InChI is InChI=1S/C14H20ClNO3/c1-3-19-13-7-5-4-6-12(13)14(17)16-11(8-9-15)10-18-2/h4-7,11H,3,8-10H2,1-2H3,(H,16,17). The van der Waals surface area contributed by atoms with Gasteiger partial charge in [0.25, 0.3) is 5.91 Å². The summed E-state index contributed by atoms with van der Waals surface area (Å²) < 4.78 is 10.5. The number of carbonyl (C=O) groups is 1. The molecule has 0 spiro atoms. The Morgan fingerprint density at radius 3 is 2.79 bits per heavy atom. The maximum atomic E-state index is 12.2. The second-order valence-corrected chi connectivity index (χ2v) is 4.41. The van der Waals surface area contributed by atoms with E-state index in [0.29, 0.717) is 36.8 Å². The zero-order valence-electron chi connectivity index (χ0n) is 11.3. The largest absolute Gasteiger partial charge is 0.493 e. The molecule has 1 unspecified atom stereocenters. The van der Waals surface area contributed by atoms with Crippen molar-refractivity contribution in [3.63, 3.8) is 0 Å². The summed E-state index contributed by atoms with van der Waals surface area (Å²) in [6.07, 6.45) is 0.665. The average molecular weight is 286 g/mol. The SMILES string of the molecule is CCOc1ccccc1C(=O)NC(CCCl)COC. The highest BCUT2D eigenvalue weighted by Crippen LogP contribution is 2.18. The molecule has 1 aromatic carbocycles. The Hall–Kier alpha value is -1.26. The van der Waals surface area contributed by atoms with Crippen LogP contribution in [0, 0.1) is 0 Å². The normalized spacial score (nSPS) is 11.9. The number of alkyl halides is 1. The van der Waals surface area contributed by atoms with Crippen LogP contribution in [0.15, 0.2) is 24.3 Å². The number of amides is 1. The molecule has 0 saturated heterocycles. The lowest BCUT2D eigenvalue weighted by molar-refractivity contribution is 0.0891. The summed E-state index contributed by atoms with van der Waals surface area (Å²) in [7, 11) is 1.60. The third-order valence-corrected chi connectivity index (χ3v) is 2.81. The van der Waals surface area contributed by atoms with Crippen LogP contribution in [0.2, 0.25) is 0 Å². The Kier molecular flexibility index (Phi) is 7.30. The summed E-state index contributed by atoms with van der Waals surface area (Å²) >= 11 is 5.71. The number of hydrogen-bond donors (Lipinski definition) is 1. The number of benzene rings is 1. The minimum atomic E-state index is -0.170. The summed E-state index contributed by atoms with van der Waals surface area (Å²) in [5.74, 6) is 0.891. The van der Waals surface area contributed by atoms with E-state index in [4.69, 9.17) is 21.1 Å². The lowest BCUT2D eigenvalue weighted by atomic mass is 10.1. The first-order chi connectivity index (χ1) is 9.22. The molecular formula is C14H20ClNO3. The van der Waals surface area contributed by atoms with Gasteiger partial charge in [-0.05, 0) is 25.5 Å². The van der Waals surface area contributed by atoms with E-state index >= 15 is 0 Å². The van der Waals surface area contributed by atoms with Crippen molar-refractivity contribution in [3.05, 3.63) is 29.8 Å². The Morgan fingerprint density at radius 2 is 2.16 bits per heavy atom. The monoisotopic (exact) mass is 285 g/mol. The molecular weight excluding hydrogens is 266 g/mol. The third-order valence-electron chi connectivity index (χ3n) is 2.59. The number of hydrogen-bond acceptors (Lipinski definition) is 3. The van der Waals surface area contributed by atoms with Gasteiger partial charge in [0.1, 0.15) is 5.75 Å². The fourth-order valence-corrected chi connectivity index (χ4v) is 1.99. The van der Waals surface area contributed by atoms with E-state index in [1.807, 2.05) is 19.1 Å². The van der Waals surface area contributed by atoms with Crippen LogP contribution in [0.3, 0.4) is 0 Å². The van der Waals surface area contributed by atoms with Crippen LogP contribution in [0.4, 0.5) is 0 Å². The summed E-state index contributed by atoms with van der Waals surface area (Å²) in [5, 5.41) is 2.91. The number of halogens is 1. The molecule has 0 heterocycles. The maximum Gasteiger partial charge on any atom is 0.255 e. The predicted octanol–water partition coefficient (Wildman–Crippen LogP) is 2.46. The van der Waals surface area contributed by atoms with Crippen LogP contribution in [0.5, 0.6) is 5.75 Å². The van der Waals surface area contributed by atoms with Crippen molar-refractivity contribution in [2.75, 3.05) is 26.2 Å². The van der Waals surface area contributed by atoms with Crippen molar-refractivity contribution in [3.8, 4) is 5.75 Å². The first-order valence-electron chi connectivity index (χ1n) is 6.30. The van der Waals surface area contributed by atoms with E-state index in [1.54, 1.807) is 19.2 Å². The number of nitrogens with one attached hydrogen (secondary N) is 1. The molecule has 0 radical (unpaired) electrons. The fourth-order valence-electron chi connectivity index (χ4n) is 1.73. The smallest absolute Gasteiger partial charge is 0.255 e. The molecule has 0 saturated carbocycles. The van der Waals surface area contributed by atoms with Crippen molar-refractivity contribution < 1.29 is 14.3 Å². The zero-order chi connectivity index (χ0) is 14.1. The average Bonchev–Trinajstić information content (AvgIpc) is 2.40. The highest BCUT2D eigenvalue weighted by molar-refractivity contribution is 6.17. The summed E-state index contributed by atoms with van der Waals surface area (Å²) in [5.41, 5.74) is 0.528. The molecule has 0 aromatic heterocycles. The second kappa shape index (κ2) is 8.77. The molecule has 106 valence electrons. The molecule has 1 N–H and O–H groups in total. The molecule has 19 heavy (non-hydrogen) atoms. The van der Waals surface area contributed by atoms with E-state index < -0.39 is 0 Å². The molecule has 0 aliphatic heterocycles. The van der Waals surface area contributed by atoms with Gasteiger partial charge in [0.15, 0.2) is 0 Å². The molecule has 0 aliphatic rings. The Bertz CT molecular complexity index is 392. The van der Waals surface area contributed by atoms with Gasteiger partial charge in [0.2, 0.25) is 0 Å². The van der Waals surface area contributed by atoms with Gasteiger partial charge in [0.05, 0.1) is 24.8 Å². The van der Waals surface area contributed by atoms with Gasteiger partial charge in [-0.25, -0.2) is 0 Å². The molecule has 4 nitrogen and oxygen atoms in total. The van der Waals surface area contributed by atoms with Gasteiger partial charge in [-0.2, -0.15) is 0 Å². The summed E-state index contributed by atoms with van der Waals surface area (Å²) in [6.45, 7) is 2.85. The first-order valence-corrected chi connectivity index (χ1v) is 6.84. The quantitative estimate of drug-likeness (QED) is 0.747. The molecule has 0 fully saturated rings. The number of methoxy groups -OCH3 is 1. The molecule has 1 atom stereocenters. The number of para-hydroxylation sites is 1. The van der Waals surface area contributed by atoms with E-state index in [0.717, 1.165) is 0 Å². The van der Waals surface area contributed by atoms with E-state index in [-0.39, 0.29) is 11.9 Å². The highest BCUT2D eigenvalue weighted by Gasteiger charge is 2.16. The molecule has 1 amide bonds. The number of ether oxygens (including phenoxy) is 2. The first kappa shape index (κ1) is 15.8. The van der Waals surface area contributed by atoms with Crippen molar-refractivity contribution in [1.82, 2.24) is 5.32 Å². The zero-order valence-corrected chi connectivity index (χ0v) is 12.1. The van der Waals surface area contributed by atoms with Crippen LogP contribution in [-0.2, 0) is 4.74 Å². The summed E-state index contributed by atoms with van der Waals surface area (Å²) in [4.78, 5) is 12.2. The van der Waals surface area contributed by atoms with Crippen molar-refractivity contribution in [1.29, 1.82) is 0 Å². The van der Waals surface area contributed by atoms with Gasteiger partial charge < -0.3 is 14.8 Å². The number of rotatable bonds is 8. The molecule has 5 heteroatoms. The minimum Gasteiger partial charge on any atom is -0.493 e. The lowest BCUT2D eigenvalue weighted by Crippen LogP contribution is -2.38. The van der Waals surface area contributed by atoms with Crippen LogP contribution in [0.25, 0.3) is 0 Å². The molecule has 1 rings (SSSR count). The third kappa shape index (κ3) is 5.09. The van der Waals surface area contributed by atoms with Gasteiger partial charge in [-0.3, -0.25) is 4.79 Å². The molecule has 1 aromatic rings. The predicted molar refractivity (Wildman–Crippen MR) is 76.1 cm³/mol. The Balaban J connectivity index is 2.75. The van der Waals surface area contributed by atoms with Crippen LogP contribution < -0.4 is 10.1 Å². The second-order valence-electron chi connectivity index (χ2n) is 4.03. The van der Waals surface area contributed by atoms with Gasteiger partial charge in [-0.1, -0.05) is 12.1 Å². The van der Waals surface area contributed by atoms with Crippen LogP contribution >= 0.6 is 11.6 Å². The lowest BCUT2D eigenvalue weighted by Gasteiger charge is -2.18. The Labute approximate surface area is 119 Å². The maximum absolute atomic E-state index is 12.2. The van der Waals surface area contributed by atoms with Crippen molar-refractivity contribution in [2.45, 2.75) is 19.4 Å². The fraction of sp³-hybridized carbons (Fsp3) is 0.500. The molecule has 0 aliphatic carbocycles. The van der Waals surface area contributed by atoms with E-state index in [9.17, 15) is 4.79 Å². The van der Waals surface area contributed by atoms with Gasteiger partial charge in [-0.15, -0.1) is 11.6 Å². The van der Waals surface area contributed by atoms with Gasteiger partial charge in [0, 0.05) is 13.0 Å². The topological polar surface area (TPSA) is 47.6 Å². The van der Waals surface area contributed by atoms with Crippen molar-refractivity contribution in [2.24, 2.45) is 0 Å². The van der Waals surface area contributed by atoms with Crippen LogP contribution in [0.1, 0.15) is 23.7 Å². The highest BCUT2D eigenvalue weighted by atomic mass is 35.5. The summed E-state index contributed by atoms with van der Waals surface area (Å²) in [6, 6.07) is 7.08. The van der Waals surface area contributed by atoms with E-state index in [2.05, 4.69) is 5.32 Å². The molecule has 0 bridgehead atoms. The minimum absolute atomic E-state index is 0.0929.